The molecule has 0 aliphatic rings. The van der Waals surface area contributed by atoms with Crippen molar-refractivity contribution in [1.29, 1.82) is 0 Å². The van der Waals surface area contributed by atoms with Crippen molar-refractivity contribution in [3.05, 3.63) is 35.9 Å². The minimum absolute atomic E-state index is 0.108. The molecule has 0 aromatic heterocycles. The van der Waals surface area contributed by atoms with E-state index >= 15 is 0 Å². The van der Waals surface area contributed by atoms with Crippen LogP contribution in [-0.2, 0) is 20.8 Å². The maximum atomic E-state index is 12.3. The lowest BCUT2D eigenvalue weighted by molar-refractivity contribution is -0.160. The summed E-state index contributed by atoms with van der Waals surface area (Å²) in [6, 6.07) is 9.27. The SMILES string of the molecule is CCOC(CN(Cc1ccccc1)C(=O)[C@H](C)N)OCC. The van der Waals surface area contributed by atoms with Crippen LogP contribution < -0.4 is 5.73 Å². The van der Waals surface area contributed by atoms with Gasteiger partial charge in [0.05, 0.1) is 12.6 Å². The number of hydrogen-bond donors (Lipinski definition) is 1. The summed E-state index contributed by atoms with van der Waals surface area (Å²) in [5, 5.41) is 0. The van der Waals surface area contributed by atoms with Gasteiger partial charge in [0.15, 0.2) is 6.29 Å². The highest BCUT2D eigenvalue weighted by Gasteiger charge is 2.22. The smallest absolute Gasteiger partial charge is 0.239 e. The number of carbonyl (C=O) groups is 1. The molecule has 0 fully saturated rings. The zero-order valence-electron chi connectivity index (χ0n) is 13.1. The molecule has 5 nitrogen and oxygen atoms in total. The molecule has 0 bridgehead atoms. The van der Waals surface area contributed by atoms with Gasteiger partial charge in [0.25, 0.3) is 0 Å². The summed E-state index contributed by atoms with van der Waals surface area (Å²) in [4.78, 5) is 14.0. The van der Waals surface area contributed by atoms with E-state index in [1.54, 1.807) is 11.8 Å². The second-order valence-corrected chi connectivity index (χ2v) is 4.83. The molecule has 0 heterocycles. The fourth-order valence-electron chi connectivity index (χ4n) is 2.03. The summed E-state index contributed by atoms with van der Waals surface area (Å²) in [5.41, 5.74) is 6.80. The first-order chi connectivity index (χ1) is 10.1. The van der Waals surface area contributed by atoms with E-state index in [1.165, 1.54) is 0 Å². The quantitative estimate of drug-likeness (QED) is 0.705. The number of nitrogens with two attached hydrogens (primary N) is 1. The molecule has 1 aromatic carbocycles. The third-order valence-electron chi connectivity index (χ3n) is 2.99. The molecular formula is C16H26N2O3. The molecule has 0 saturated carbocycles. The van der Waals surface area contributed by atoms with Crippen LogP contribution in [0.5, 0.6) is 0 Å². The Bertz CT molecular complexity index is 403. The molecule has 0 aliphatic heterocycles. The number of ether oxygens (including phenoxy) is 2. The second-order valence-electron chi connectivity index (χ2n) is 4.83. The number of amides is 1. The van der Waals surface area contributed by atoms with Crippen LogP contribution in [0.4, 0.5) is 0 Å². The van der Waals surface area contributed by atoms with E-state index in [0.29, 0.717) is 26.3 Å². The zero-order valence-corrected chi connectivity index (χ0v) is 13.1. The summed E-state index contributed by atoms with van der Waals surface area (Å²) >= 11 is 0. The van der Waals surface area contributed by atoms with Crippen LogP contribution in [0.3, 0.4) is 0 Å². The van der Waals surface area contributed by atoms with Crippen LogP contribution in [0.25, 0.3) is 0 Å². The van der Waals surface area contributed by atoms with Gasteiger partial charge in [-0.2, -0.15) is 0 Å². The number of hydrogen-bond acceptors (Lipinski definition) is 4. The monoisotopic (exact) mass is 294 g/mol. The van der Waals surface area contributed by atoms with Crippen molar-refractivity contribution in [3.63, 3.8) is 0 Å². The van der Waals surface area contributed by atoms with E-state index in [1.807, 2.05) is 44.2 Å². The lowest BCUT2D eigenvalue weighted by Crippen LogP contribution is -2.46. The van der Waals surface area contributed by atoms with Gasteiger partial charge in [-0.25, -0.2) is 0 Å². The molecular weight excluding hydrogens is 268 g/mol. The third-order valence-corrected chi connectivity index (χ3v) is 2.99. The molecule has 5 heteroatoms. The highest BCUT2D eigenvalue weighted by atomic mass is 16.7. The molecule has 0 radical (unpaired) electrons. The Labute approximate surface area is 127 Å². The Morgan fingerprint density at radius 1 is 1.19 bits per heavy atom. The van der Waals surface area contributed by atoms with Crippen LogP contribution in [0, 0.1) is 0 Å². The zero-order chi connectivity index (χ0) is 15.7. The predicted octanol–water partition coefficient (Wildman–Crippen LogP) is 1.76. The summed E-state index contributed by atoms with van der Waals surface area (Å²) in [6.07, 6.45) is -0.425. The summed E-state index contributed by atoms with van der Waals surface area (Å²) in [7, 11) is 0. The van der Waals surface area contributed by atoms with Crippen LogP contribution in [0.2, 0.25) is 0 Å². The van der Waals surface area contributed by atoms with Gasteiger partial charge in [-0.1, -0.05) is 30.3 Å². The van der Waals surface area contributed by atoms with E-state index in [-0.39, 0.29) is 5.91 Å². The van der Waals surface area contributed by atoms with Crippen molar-refractivity contribution in [2.75, 3.05) is 19.8 Å². The normalized spacial score (nSPS) is 12.4. The summed E-state index contributed by atoms with van der Waals surface area (Å²) < 4.78 is 11.0. The molecule has 0 unspecified atom stereocenters. The first-order valence-electron chi connectivity index (χ1n) is 7.39. The summed E-state index contributed by atoms with van der Waals surface area (Å²) in [5.74, 6) is -0.108. The van der Waals surface area contributed by atoms with Crippen LogP contribution in [-0.4, -0.2) is 42.9 Å². The number of rotatable bonds is 9. The Hall–Kier alpha value is -1.43. The van der Waals surface area contributed by atoms with E-state index in [2.05, 4.69) is 0 Å². The van der Waals surface area contributed by atoms with Gasteiger partial charge in [-0.3, -0.25) is 4.79 Å². The molecule has 2 N–H and O–H groups in total. The first-order valence-corrected chi connectivity index (χ1v) is 7.39. The Morgan fingerprint density at radius 2 is 1.76 bits per heavy atom. The highest BCUT2D eigenvalue weighted by molar-refractivity contribution is 5.81. The number of benzene rings is 1. The largest absolute Gasteiger partial charge is 0.351 e. The molecule has 118 valence electrons. The van der Waals surface area contributed by atoms with E-state index in [0.717, 1.165) is 5.56 Å². The van der Waals surface area contributed by atoms with Gasteiger partial charge in [-0.15, -0.1) is 0 Å². The van der Waals surface area contributed by atoms with E-state index in [9.17, 15) is 4.79 Å². The molecule has 0 saturated heterocycles. The van der Waals surface area contributed by atoms with Crippen molar-refractivity contribution in [3.8, 4) is 0 Å². The Balaban J connectivity index is 2.78. The maximum Gasteiger partial charge on any atom is 0.239 e. The van der Waals surface area contributed by atoms with E-state index in [4.69, 9.17) is 15.2 Å². The second kappa shape index (κ2) is 9.50. The van der Waals surface area contributed by atoms with Crippen LogP contribution in [0.15, 0.2) is 30.3 Å². The number of carbonyl (C=O) groups excluding carboxylic acids is 1. The van der Waals surface area contributed by atoms with Gasteiger partial charge in [0.2, 0.25) is 5.91 Å². The van der Waals surface area contributed by atoms with Crippen LogP contribution >= 0.6 is 0 Å². The fourth-order valence-corrected chi connectivity index (χ4v) is 2.03. The number of nitrogens with zero attached hydrogens (tertiary/aromatic N) is 1. The third kappa shape index (κ3) is 6.25. The maximum absolute atomic E-state index is 12.3. The minimum atomic E-state index is -0.544. The minimum Gasteiger partial charge on any atom is -0.351 e. The Kier molecular flexibility index (Phi) is 7.97. The molecule has 0 spiro atoms. The van der Waals surface area contributed by atoms with Gasteiger partial charge < -0.3 is 20.1 Å². The van der Waals surface area contributed by atoms with Gasteiger partial charge in [-0.05, 0) is 26.3 Å². The van der Waals surface area contributed by atoms with Crippen molar-refractivity contribution >= 4 is 5.91 Å². The summed E-state index contributed by atoms with van der Waals surface area (Å²) in [6.45, 7) is 7.44. The van der Waals surface area contributed by atoms with Crippen LogP contribution in [0.1, 0.15) is 26.3 Å². The van der Waals surface area contributed by atoms with Gasteiger partial charge in [0, 0.05) is 19.8 Å². The van der Waals surface area contributed by atoms with Gasteiger partial charge in [0.1, 0.15) is 0 Å². The lowest BCUT2D eigenvalue weighted by Gasteiger charge is -2.28. The molecule has 0 aliphatic carbocycles. The first kappa shape index (κ1) is 17.6. The van der Waals surface area contributed by atoms with E-state index < -0.39 is 12.3 Å². The van der Waals surface area contributed by atoms with Crippen molar-refractivity contribution in [2.24, 2.45) is 5.73 Å². The van der Waals surface area contributed by atoms with Crippen molar-refractivity contribution in [1.82, 2.24) is 4.90 Å². The van der Waals surface area contributed by atoms with Gasteiger partial charge >= 0.3 is 0 Å². The average Bonchev–Trinajstić information content (AvgIpc) is 2.47. The fraction of sp³-hybridized carbons (Fsp3) is 0.562. The molecule has 1 amide bonds. The highest BCUT2D eigenvalue weighted by Crippen LogP contribution is 2.09. The predicted molar refractivity (Wildman–Crippen MR) is 82.5 cm³/mol. The van der Waals surface area contributed by atoms with Crippen molar-refractivity contribution in [2.45, 2.75) is 39.6 Å². The molecule has 1 atom stereocenters. The molecule has 1 aromatic rings. The van der Waals surface area contributed by atoms with Crippen molar-refractivity contribution < 1.29 is 14.3 Å². The lowest BCUT2D eigenvalue weighted by atomic mass is 10.2. The Morgan fingerprint density at radius 3 is 2.24 bits per heavy atom. The molecule has 1 rings (SSSR count). The molecule has 21 heavy (non-hydrogen) atoms. The average molecular weight is 294 g/mol. The topological polar surface area (TPSA) is 64.8 Å². The standard InChI is InChI=1S/C16H26N2O3/c1-4-20-15(21-5-2)12-18(16(19)13(3)17)11-14-9-7-6-8-10-14/h6-10,13,15H,4-5,11-12,17H2,1-3H3/t13-/m0/s1.